The summed E-state index contributed by atoms with van der Waals surface area (Å²) in [7, 11) is 1.34. The van der Waals surface area contributed by atoms with E-state index in [4.69, 9.17) is 4.74 Å². The lowest BCUT2D eigenvalue weighted by atomic mass is 9.87. The number of nitrogens with zero attached hydrogens (tertiary/aromatic N) is 2. The van der Waals surface area contributed by atoms with Gasteiger partial charge in [-0.15, -0.1) is 0 Å². The number of hydrogen-bond donors (Lipinski definition) is 0. The fourth-order valence-electron chi connectivity index (χ4n) is 2.72. The number of methoxy groups -OCH3 is 1. The maximum absolute atomic E-state index is 12.7. The molecule has 0 N–H and O–H groups in total. The van der Waals surface area contributed by atoms with Crippen molar-refractivity contribution in [1.29, 1.82) is 0 Å². The van der Waals surface area contributed by atoms with Crippen LogP contribution in [0, 0.1) is 0 Å². The monoisotopic (exact) mass is 382 g/mol. The molecule has 0 aliphatic rings. The third-order valence-electron chi connectivity index (χ3n) is 4.30. The molecule has 0 fully saturated rings. The molecular formula is C21H22N2O3S. The molecule has 27 heavy (non-hydrogen) atoms. The molecule has 0 unspecified atom stereocenters. The number of amides is 1. The molecule has 0 atom stereocenters. The Balaban J connectivity index is 2.03. The second-order valence-electron chi connectivity index (χ2n) is 7.26. The maximum Gasteiger partial charge on any atom is 0.325 e. The minimum absolute atomic E-state index is 0.00951. The molecule has 1 heterocycles. The largest absolute Gasteiger partial charge is 0.468 e. The quantitative estimate of drug-likeness (QED) is 0.645. The molecule has 3 aromatic rings. The first-order valence-electron chi connectivity index (χ1n) is 8.64. The lowest BCUT2D eigenvalue weighted by Crippen LogP contribution is -2.22. The van der Waals surface area contributed by atoms with Gasteiger partial charge in [0.15, 0.2) is 4.80 Å². The summed E-state index contributed by atoms with van der Waals surface area (Å²) in [6, 6.07) is 15.1. The number of carbonyl (C=O) groups is 2. The van der Waals surface area contributed by atoms with E-state index in [9.17, 15) is 9.59 Å². The van der Waals surface area contributed by atoms with Gasteiger partial charge >= 0.3 is 5.97 Å². The number of thiazole rings is 1. The van der Waals surface area contributed by atoms with Crippen LogP contribution in [-0.4, -0.2) is 23.6 Å². The predicted molar refractivity (Wildman–Crippen MR) is 107 cm³/mol. The van der Waals surface area contributed by atoms with Crippen LogP contribution in [0.25, 0.3) is 10.2 Å². The Morgan fingerprint density at radius 2 is 1.74 bits per heavy atom. The maximum atomic E-state index is 12.7. The molecule has 0 saturated carbocycles. The molecule has 6 heteroatoms. The van der Waals surface area contributed by atoms with Gasteiger partial charge in [-0.3, -0.25) is 9.59 Å². The first-order chi connectivity index (χ1) is 12.8. The van der Waals surface area contributed by atoms with Crippen LogP contribution in [0.5, 0.6) is 0 Å². The number of esters is 1. The third-order valence-corrected chi connectivity index (χ3v) is 5.36. The van der Waals surface area contributed by atoms with Crippen molar-refractivity contribution in [2.75, 3.05) is 7.11 Å². The van der Waals surface area contributed by atoms with Gasteiger partial charge in [0, 0.05) is 5.56 Å². The van der Waals surface area contributed by atoms with Crippen LogP contribution < -0.4 is 4.80 Å². The highest BCUT2D eigenvalue weighted by Gasteiger charge is 2.15. The average Bonchev–Trinajstić information content (AvgIpc) is 2.98. The van der Waals surface area contributed by atoms with E-state index in [1.54, 1.807) is 16.7 Å². The lowest BCUT2D eigenvalue weighted by Gasteiger charge is -2.18. The lowest BCUT2D eigenvalue weighted by molar-refractivity contribution is -0.141. The summed E-state index contributed by atoms with van der Waals surface area (Å²) < 4.78 is 7.45. The normalized spacial score (nSPS) is 12.4. The van der Waals surface area contributed by atoms with E-state index >= 15 is 0 Å². The number of hydrogen-bond acceptors (Lipinski definition) is 4. The minimum atomic E-state index is -0.387. The zero-order chi connectivity index (χ0) is 19.6. The summed E-state index contributed by atoms with van der Waals surface area (Å²) in [5.74, 6) is -0.720. The summed E-state index contributed by atoms with van der Waals surface area (Å²) in [5.41, 5.74) is 2.54. The van der Waals surface area contributed by atoms with Gasteiger partial charge in [-0.25, -0.2) is 0 Å². The summed E-state index contributed by atoms with van der Waals surface area (Å²) in [4.78, 5) is 29.2. The molecule has 2 aromatic carbocycles. The molecule has 1 aromatic heterocycles. The number of para-hydroxylation sites is 1. The number of aromatic nitrogens is 1. The van der Waals surface area contributed by atoms with E-state index in [-0.39, 0.29) is 23.8 Å². The first-order valence-corrected chi connectivity index (χ1v) is 9.46. The fourth-order valence-corrected chi connectivity index (χ4v) is 3.74. The van der Waals surface area contributed by atoms with Gasteiger partial charge in [0.2, 0.25) is 0 Å². The molecule has 140 valence electrons. The van der Waals surface area contributed by atoms with Crippen molar-refractivity contribution < 1.29 is 14.3 Å². The zero-order valence-electron chi connectivity index (χ0n) is 15.9. The standard InChI is InChI=1S/C21H22N2O3S/c1-21(2,3)15-11-9-14(10-12-15)19(25)22-20-23(13-18(24)26-4)16-7-5-6-8-17(16)27-20/h5-12H,13H2,1-4H3. The summed E-state index contributed by atoms with van der Waals surface area (Å²) in [6.45, 7) is 6.39. The Bertz CT molecular complexity index is 1050. The smallest absolute Gasteiger partial charge is 0.325 e. The van der Waals surface area contributed by atoms with Crippen molar-refractivity contribution in [1.82, 2.24) is 4.57 Å². The predicted octanol–water partition coefficient (Wildman–Crippen LogP) is 3.91. The molecule has 5 nitrogen and oxygen atoms in total. The average molecular weight is 382 g/mol. The highest BCUT2D eigenvalue weighted by Crippen LogP contribution is 2.22. The van der Waals surface area contributed by atoms with E-state index in [1.165, 1.54) is 18.4 Å². The number of carbonyl (C=O) groups excluding carboxylic acids is 2. The molecule has 0 spiro atoms. The van der Waals surface area contributed by atoms with Gasteiger partial charge in [0.25, 0.3) is 5.91 Å². The first kappa shape index (κ1) is 19.0. The number of rotatable bonds is 3. The van der Waals surface area contributed by atoms with Crippen molar-refractivity contribution >= 4 is 33.4 Å². The molecule has 0 radical (unpaired) electrons. The van der Waals surface area contributed by atoms with Crippen LogP contribution in [0.3, 0.4) is 0 Å². The molecule has 0 bridgehead atoms. The Labute approximate surface area is 161 Å². The van der Waals surface area contributed by atoms with Crippen LogP contribution in [-0.2, 0) is 21.5 Å². The molecule has 3 rings (SSSR count). The van der Waals surface area contributed by atoms with Crippen molar-refractivity contribution in [2.24, 2.45) is 4.99 Å². The number of ether oxygens (including phenoxy) is 1. The van der Waals surface area contributed by atoms with Crippen molar-refractivity contribution in [3.8, 4) is 0 Å². The van der Waals surface area contributed by atoms with Crippen molar-refractivity contribution in [3.05, 3.63) is 64.5 Å². The summed E-state index contributed by atoms with van der Waals surface area (Å²) in [6.07, 6.45) is 0. The van der Waals surface area contributed by atoms with E-state index in [1.807, 2.05) is 36.4 Å². The molecule has 0 saturated heterocycles. The van der Waals surface area contributed by atoms with Gasteiger partial charge in [0.1, 0.15) is 6.54 Å². The van der Waals surface area contributed by atoms with Gasteiger partial charge in [-0.1, -0.05) is 56.4 Å². The molecule has 1 amide bonds. The fraction of sp³-hybridized carbons (Fsp3) is 0.286. The van der Waals surface area contributed by atoms with E-state index in [2.05, 4.69) is 25.8 Å². The summed E-state index contributed by atoms with van der Waals surface area (Å²) in [5, 5.41) is 0. The number of fused-ring (bicyclic) bond motifs is 1. The van der Waals surface area contributed by atoms with Crippen molar-refractivity contribution in [2.45, 2.75) is 32.7 Å². The SMILES string of the molecule is COC(=O)Cn1c(=NC(=O)c2ccc(C(C)(C)C)cc2)sc2ccccc21. The van der Waals surface area contributed by atoms with E-state index in [0.717, 1.165) is 15.8 Å². The third kappa shape index (κ3) is 4.17. The highest BCUT2D eigenvalue weighted by atomic mass is 32.1. The second-order valence-corrected chi connectivity index (χ2v) is 8.27. The Morgan fingerprint density at radius 3 is 2.37 bits per heavy atom. The Morgan fingerprint density at radius 1 is 1.07 bits per heavy atom. The number of benzene rings is 2. The topological polar surface area (TPSA) is 60.7 Å². The Hall–Kier alpha value is -2.73. The molecule has 0 aliphatic heterocycles. The van der Waals surface area contributed by atoms with Gasteiger partial charge in [0.05, 0.1) is 17.3 Å². The van der Waals surface area contributed by atoms with Gasteiger partial charge < -0.3 is 9.30 Å². The molecular weight excluding hydrogens is 360 g/mol. The molecule has 0 aliphatic carbocycles. The zero-order valence-corrected chi connectivity index (χ0v) is 16.7. The van der Waals surface area contributed by atoms with Crippen molar-refractivity contribution in [3.63, 3.8) is 0 Å². The van der Waals surface area contributed by atoms with Crippen LogP contribution >= 0.6 is 11.3 Å². The second kappa shape index (κ2) is 7.48. The van der Waals surface area contributed by atoms with Gasteiger partial charge in [-0.05, 0) is 35.2 Å². The Kier molecular flexibility index (Phi) is 5.28. The van der Waals surface area contributed by atoms with Gasteiger partial charge in [-0.2, -0.15) is 4.99 Å². The van der Waals surface area contributed by atoms with Crippen LogP contribution in [0.2, 0.25) is 0 Å². The van der Waals surface area contributed by atoms with E-state index < -0.39 is 0 Å². The van der Waals surface area contributed by atoms with E-state index in [0.29, 0.717) is 10.4 Å². The van der Waals surface area contributed by atoms with Crippen LogP contribution in [0.4, 0.5) is 0 Å². The minimum Gasteiger partial charge on any atom is -0.468 e. The van der Waals surface area contributed by atoms with Crippen LogP contribution in [0.15, 0.2) is 53.5 Å². The highest BCUT2D eigenvalue weighted by molar-refractivity contribution is 7.16. The van der Waals surface area contributed by atoms with Crippen LogP contribution in [0.1, 0.15) is 36.7 Å². The summed E-state index contributed by atoms with van der Waals surface area (Å²) >= 11 is 1.37.